The Labute approximate surface area is 105 Å². The third-order valence-corrected chi connectivity index (χ3v) is 3.43. The Hall–Kier alpha value is -2.29. The molecule has 1 heterocycles. The van der Waals surface area contributed by atoms with Gasteiger partial charge < -0.3 is 15.6 Å². The number of rotatable bonds is 0. The third-order valence-electron chi connectivity index (χ3n) is 3.43. The monoisotopic (exact) mass is 238 g/mol. The highest BCUT2D eigenvalue weighted by molar-refractivity contribution is 5.89. The zero-order chi connectivity index (χ0) is 12.9. The number of nitrogen functional groups attached to an aromatic ring is 1. The lowest BCUT2D eigenvalue weighted by Crippen LogP contribution is -2.06. The van der Waals surface area contributed by atoms with Gasteiger partial charge in [-0.05, 0) is 43.7 Å². The standard InChI is InChI=1S/C15H14N2O/c1-8-11-4-3-10(16)7-14(11)18-15-9(2)13(17)6-5-12(8)15/h3-7,17H,16H2,1-2H3. The second-order valence-corrected chi connectivity index (χ2v) is 4.60. The quantitative estimate of drug-likeness (QED) is 0.466. The van der Waals surface area contributed by atoms with Crippen LogP contribution in [0.15, 0.2) is 34.7 Å². The Bertz CT molecular complexity index is 787. The fraction of sp³-hybridized carbons (Fsp3) is 0.133. The highest BCUT2D eigenvalue weighted by Gasteiger charge is 2.14. The van der Waals surface area contributed by atoms with Crippen molar-refractivity contribution in [2.75, 3.05) is 5.73 Å². The van der Waals surface area contributed by atoms with Crippen LogP contribution in [0.25, 0.3) is 22.3 Å². The molecule has 0 atom stereocenters. The van der Waals surface area contributed by atoms with Gasteiger partial charge in [0, 0.05) is 28.3 Å². The molecule has 1 aliphatic carbocycles. The molecule has 0 spiro atoms. The first kappa shape index (κ1) is 10.8. The number of nitrogens with two attached hydrogens (primary N) is 1. The van der Waals surface area contributed by atoms with Crippen molar-refractivity contribution in [1.29, 1.82) is 5.41 Å². The van der Waals surface area contributed by atoms with E-state index in [1.807, 2.05) is 37.3 Å². The van der Waals surface area contributed by atoms with Crippen LogP contribution in [0.5, 0.6) is 0 Å². The van der Waals surface area contributed by atoms with E-state index in [1.54, 1.807) is 0 Å². The largest absolute Gasteiger partial charge is 0.456 e. The van der Waals surface area contributed by atoms with E-state index in [1.165, 1.54) is 0 Å². The molecule has 0 unspecified atom stereocenters. The number of fused-ring (bicyclic) bond motifs is 2. The van der Waals surface area contributed by atoms with Crippen LogP contribution in [0.3, 0.4) is 0 Å². The van der Waals surface area contributed by atoms with E-state index in [0.717, 1.165) is 33.4 Å². The second-order valence-electron chi connectivity index (χ2n) is 4.60. The molecule has 3 heteroatoms. The molecule has 1 aliphatic heterocycles. The van der Waals surface area contributed by atoms with Crippen molar-refractivity contribution in [2.45, 2.75) is 13.8 Å². The predicted molar refractivity (Wildman–Crippen MR) is 72.6 cm³/mol. The summed E-state index contributed by atoms with van der Waals surface area (Å²) >= 11 is 0. The number of hydrogen-bond acceptors (Lipinski definition) is 3. The van der Waals surface area contributed by atoms with Crippen molar-refractivity contribution in [3.63, 3.8) is 0 Å². The van der Waals surface area contributed by atoms with E-state index in [0.29, 0.717) is 11.0 Å². The molecule has 1 aromatic carbocycles. The lowest BCUT2D eigenvalue weighted by Gasteiger charge is -2.14. The van der Waals surface area contributed by atoms with E-state index in [2.05, 4.69) is 6.92 Å². The van der Waals surface area contributed by atoms with Crippen LogP contribution < -0.4 is 11.1 Å². The van der Waals surface area contributed by atoms with Crippen LogP contribution in [0.1, 0.15) is 11.1 Å². The van der Waals surface area contributed by atoms with E-state index >= 15 is 0 Å². The van der Waals surface area contributed by atoms with Gasteiger partial charge in [0.15, 0.2) is 0 Å². The maximum atomic E-state index is 7.84. The molecule has 0 bridgehead atoms. The number of aryl methyl sites for hydroxylation is 1. The van der Waals surface area contributed by atoms with Gasteiger partial charge in [-0.3, -0.25) is 0 Å². The van der Waals surface area contributed by atoms with E-state index < -0.39 is 0 Å². The Morgan fingerprint density at radius 1 is 1.06 bits per heavy atom. The number of anilines is 1. The van der Waals surface area contributed by atoms with Crippen LogP contribution in [-0.2, 0) is 0 Å². The summed E-state index contributed by atoms with van der Waals surface area (Å²) in [5.74, 6) is 0.776. The molecule has 0 saturated heterocycles. The summed E-state index contributed by atoms with van der Waals surface area (Å²) in [6, 6.07) is 9.44. The lowest BCUT2D eigenvalue weighted by atomic mass is 9.98. The van der Waals surface area contributed by atoms with Gasteiger partial charge in [-0.2, -0.15) is 0 Å². The number of nitrogens with one attached hydrogen (secondary N) is 1. The molecular weight excluding hydrogens is 224 g/mol. The third kappa shape index (κ3) is 1.40. The van der Waals surface area contributed by atoms with Crippen molar-refractivity contribution in [2.24, 2.45) is 0 Å². The Balaban J connectivity index is 2.57. The predicted octanol–water partition coefficient (Wildman–Crippen LogP) is 3.22. The Morgan fingerprint density at radius 3 is 2.61 bits per heavy atom. The van der Waals surface area contributed by atoms with Crippen molar-refractivity contribution in [3.8, 4) is 11.3 Å². The van der Waals surface area contributed by atoms with Crippen LogP contribution in [0.4, 0.5) is 5.69 Å². The van der Waals surface area contributed by atoms with Gasteiger partial charge in [-0.15, -0.1) is 0 Å². The molecule has 3 N–H and O–H groups in total. The summed E-state index contributed by atoms with van der Waals surface area (Å²) < 4.78 is 5.92. The van der Waals surface area contributed by atoms with Gasteiger partial charge in [0.2, 0.25) is 0 Å². The molecule has 0 aromatic heterocycles. The van der Waals surface area contributed by atoms with Crippen molar-refractivity contribution < 1.29 is 4.42 Å². The Morgan fingerprint density at radius 2 is 1.83 bits per heavy atom. The zero-order valence-electron chi connectivity index (χ0n) is 10.4. The highest BCUT2D eigenvalue weighted by Crippen LogP contribution is 2.34. The van der Waals surface area contributed by atoms with E-state index in [-0.39, 0.29) is 0 Å². The molecule has 0 amide bonds. The zero-order valence-corrected chi connectivity index (χ0v) is 10.4. The maximum Gasteiger partial charge on any atom is 0.140 e. The minimum absolute atomic E-state index is 0.494. The molecule has 90 valence electrons. The van der Waals surface area contributed by atoms with Crippen molar-refractivity contribution in [3.05, 3.63) is 46.8 Å². The van der Waals surface area contributed by atoms with Gasteiger partial charge in [0.05, 0.1) is 5.36 Å². The van der Waals surface area contributed by atoms with Crippen LogP contribution >= 0.6 is 0 Å². The summed E-state index contributed by atoms with van der Waals surface area (Å²) in [6.45, 7) is 3.98. The Kier molecular flexibility index (Phi) is 2.17. The second kappa shape index (κ2) is 3.60. The number of benzene rings is 2. The van der Waals surface area contributed by atoms with Crippen LogP contribution in [0.2, 0.25) is 0 Å². The van der Waals surface area contributed by atoms with E-state index in [9.17, 15) is 0 Å². The number of hydrogen-bond donors (Lipinski definition) is 2. The van der Waals surface area contributed by atoms with Crippen molar-refractivity contribution >= 4 is 16.7 Å². The summed E-state index contributed by atoms with van der Waals surface area (Å²) in [4.78, 5) is 0. The molecule has 0 radical (unpaired) electrons. The average molecular weight is 238 g/mol. The summed E-state index contributed by atoms with van der Waals surface area (Å²) in [6.07, 6.45) is 0. The highest BCUT2D eigenvalue weighted by atomic mass is 16.3. The summed E-state index contributed by atoms with van der Waals surface area (Å²) in [5, 5.41) is 9.40. The molecular formula is C15H14N2O. The first-order valence-electron chi connectivity index (χ1n) is 5.85. The molecule has 2 aliphatic rings. The average Bonchev–Trinajstić information content (AvgIpc) is 2.34. The smallest absolute Gasteiger partial charge is 0.140 e. The minimum Gasteiger partial charge on any atom is -0.456 e. The van der Waals surface area contributed by atoms with Gasteiger partial charge in [-0.25, -0.2) is 0 Å². The van der Waals surface area contributed by atoms with Gasteiger partial charge in [0.25, 0.3) is 0 Å². The summed E-state index contributed by atoms with van der Waals surface area (Å²) in [7, 11) is 0. The minimum atomic E-state index is 0.494. The van der Waals surface area contributed by atoms with Crippen LogP contribution in [0, 0.1) is 19.3 Å². The summed E-state index contributed by atoms with van der Waals surface area (Å²) in [5.41, 5.74) is 10.3. The molecule has 0 saturated carbocycles. The normalized spacial score (nSPS) is 11.2. The lowest BCUT2D eigenvalue weighted by molar-refractivity contribution is 0.613. The topological polar surface area (TPSA) is 63.0 Å². The fourth-order valence-electron chi connectivity index (χ4n) is 2.31. The molecule has 3 rings (SSSR count). The fourth-order valence-corrected chi connectivity index (χ4v) is 2.31. The molecule has 18 heavy (non-hydrogen) atoms. The first-order chi connectivity index (χ1) is 8.58. The maximum absolute atomic E-state index is 7.84. The van der Waals surface area contributed by atoms with Crippen LogP contribution in [-0.4, -0.2) is 0 Å². The first-order valence-corrected chi connectivity index (χ1v) is 5.85. The SMILES string of the molecule is Cc1c2oc3cc(N)ccc3c(C)c-2ccc1=N. The van der Waals surface area contributed by atoms with E-state index in [4.69, 9.17) is 15.6 Å². The molecule has 1 aromatic rings. The molecule has 0 fully saturated rings. The van der Waals surface area contributed by atoms with Gasteiger partial charge in [0.1, 0.15) is 11.3 Å². The molecule has 3 nitrogen and oxygen atoms in total. The van der Waals surface area contributed by atoms with Crippen molar-refractivity contribution in [1.82, 2.24) is 0 Å². The van der Waals surface area contributed by atoms with Gasteiger partial charge in [-0.1, -0.05) is 0 Å². The van der Waals surface area contributed by atoms with Gasteiger partial charge >= 0.3 is 0 Å².